The fraction of sp³-hybridized carbons (Fsp3) is 0.133. The maximum atomic E-state index is 13.2. The zero-order valence-corrected chi connectivity index (χ0v) is 11.5. The number of alkyl halides is 3. The Morgan fingerprint density at radius 1 is 1.10 bits per heavy atom. The lowest BCUT2D eigenvalue weighted by Crippen LogP contribution is -2.11. The molecule has 0 amide bonds. The van der Waals surface area contributed by atoms with Gasteiger partial charge in [0.15, 0.2) is 5.78 Å². The summed E-state index contributed by atoms with van der Waals surface area (Å²) in [6.45, 7) is 1.56. The van der Waals surface area contributed by atoms with Gasteiger partial charge >= 0.3 is 6.18 Å². The van der Waals surface area contributed by atoms with Crippen molar-refractivity contribution >= 4 is 17.4 Å². The second-order valence-electron chi connectivity index (χ2n) is 4.45. The number of halogens is 5. The van der Waals surface area contributed by atoms with E-state index in [1.54, 1.807) is 6.92 Å². The lowest BCUT2D eigenvalue weighted by atomic mass is 9.97. The van der Waals surface area contributed by atoms with Crippen molar-refractivity contribution < 1.29 is 22.4 Å². The number of carbonyl (C=O) groups excluding carboxylic acids is 1. The van der Waals surface area contributed by atoms with Crippen molar-refractivity contribution in [2.45, 2.75) is 13.1 Å². The van der Waals surface area contributed by atoms with Crippen LogP contribution in [0.3, 0.4) is 0 Å². The van der Waals surface area contributed by atoms with Crippen molar-refractivity contribution in [2.24, 2.45) is 0 Å². The Hall–Kier alpha value is -1.88. The number of ketones is 1. The molecule has 0 unspecified atom stereocenters. The normalized spacial score (nSPS) is 11.5. The first kappa shape index (κ1) is 15.5. The van der Waals surface area contributed by atoms with E-state index in [1.165, 1.54) is 18.2 Å². The maximum absolute atomic E-state index is 13.2. The number of carbonyl (C=O) groups is 1. The van der Waals surface area contributed by atoms with Gasteiger partial charge in [0.25, 0.3) is 0 Å². The van der Waals surface area contributed by atoms with Crippen LogP contribution in [0.2, 0.25) is 5.02 Å². The molecule has 0 aliphatic carbocycles. The van der Waals surface area contributed by atoms with Gasteiger partial charge < -0.3 is 0 Å². The van der Waals surface area contributed by atoms with Crippen LogP contribution in [0.1, 0.15) is 27.0 Å². The van der Waals surface area contributed by atoms with Crippen LogP contribution in [0.4, 0.5) is 17.6 Å². The Balaban J connectivity index is 2.57. The van der Waals surface area contributed by atoms with Crippen molar-refractivity contribution in [3.05, 3.63) is 69.5 Å². The van der Waals surface area contributed by atoms with Crippen LogP contribution in [0, 0.1) is 12.7 Å². The summed E-state index contributed by atoms with van der Waals surface area (Å²) in [4.78, 5) is 12.3. The van der Waals surface area contributed by atoms with Gasteiger partial charge in [-0.2, -0.15) is 13.2 Å². The molecule has 1 nitrogen and oxygen atoms in total. The summed E-state index contributed by atoms with van der Waals surface area (Å²) in [6.07, 6.45) is -4.66. The van der Waals surface area contributed by atoms with E-state index in [1.807, 2.05) is 0 Å². The zero-order valence-electron chi connectivity index (χ0n) is 10.8. The molecule has 0 N–H and O–H groups in total. The van der Waals surface area contributed by atoms with Crippen LogP contribution in [0.15, 0.2) is 36.4 Å². The van der Waals surface area contributed by atoms with Gasteiger partial charge in [0.2, 0.25) is 0 Å². The summed E-state index contributed by atoms with van der Waals surface area (Å²) in [5.74, 6) is -1.39. The molecule has 0 saturated carbocycles. The average Bonchev–Trinajstić information content (AvgIpc) is 2.39. The summed E-state index contributed by atoms with van der Waals surface area (Å²) in [5.41, 5.74) is -0.963. The van der Waals surface area contributed by atoms with Gasteiger partial charge in [-0.3, -0.25) is 4.79 Å². The number of hydrogen-bond donors (Lipinski definition) is 0. The third-order valence-electron chi connectivity index (χ3n) is 2.99. The molecule has 2 rings (SSSR count). The molecule has 0 spiro atoms. The quantitative estimate of drug-likeness (QED) is 0.560. The summed E-state index contributed by atoms with van der Waals surface area (Å²) >= 11 is 5.70. The largest absolute Gasteiger partial charge is 0.417 e. The third-order valence-corrected chi connectivity index (χ3v) is 3.40. The highest BCUT2D eigenvalue weighted by Gasteiger charge is 2.34. The molecule has 0 bridgehead atoms. The predicted molar refractivity (Wildman–Crippen MR) is 71.0 cm³/mol. The van der Waals surface area contributed by atoms with E-state index in [9.17, 15) is 22.4 Å². The molecule has 0 heterocycles. The number of aryl methyl sites for hydroxylation is 1. The highest BCUT2D eigenvalue weighted by Crippen LogP contribution is 2.37. The average molecular weight is 317 g/mol. The lowest BCUT2D eigenvalue weighted by Gasteiger charge is -2.12. The third kappa shape index (κ3) is 3.08. The van der Waals surface area contributed by atoms with Crippen molar-refractivity contribution in [3.63, 3.8) is 0 Å². The molecule has 21 heavy (non-hydrogen) atoms. The van der Waals surface area contributed by atoms with Gasteiger partial charge in [-0.1, -0.05) is 23.7 Å². The molecule has 0 aromatic heterocycles. The molecule has 0 atom stereocenters. The standard InChI is InChI=1S/C15H9ClF4O/c1-8-5-6-9(17)7-11(8)14(21)10-3-2-4-12(13(10)16)15(18,19)20/h2-7H,1H3. The molecule has 2 aromatic rings. The topological polar surface area (TPSA) is 17.1 Å². The Labute approximate surface area is 123 Å². The van der Waals surface area contributed by atoms with E-state index >= 15 is 0 Å². The van der Waals surface area contributed by atoms with Gasteiger partial charge in [-0.15, -0.1) is 0 Å². The van der Waals surface area contributed by atoms with Crippen molar-refractivity contribution in [1.29, 1.82) is 0 Å². The van der Waals surface area contributed by atoms with Gasteiger partial charge in [-0.25, -0.2) is 4.39 Å². The minimum atomic E-state index is -4.66. The summed E-state index contributed by atoms with van der Waals surface area (Å²) in [5, 5.41) is -0.682. The highest BCUT2D eigenvalue weighted by atomic mass is 35.5. The highest BCUT2D eigenvalue weighted by molar-refractivity contribution is 6.35. The molecule has 0 aliphatic rings. The van der Waals surface area contributed by atoms with Crippen LogP contribution in [0.5, 0.6) is 0 Å². The van der Waals surface area contributed by atoms with Gasteiger partial charge in [0, 0.05) is 11.1 Å². The maximum Gasteiger partial charge on any atom is 0.417 e. The SMILES string of the molecule is Cc1ccc(F)cc1C(=O)c1cccc(C(F)(F)F)c1Cl. The second kappa shape index (κ2) is 5.48. The Kier molecular flexibility index (Phi) is 4.05. The first-order valence-corrected chi connectivity index (χ1v) is 6.26. The van der Waals surface area contributed by atoms with Crippen LogP contribution >= 0.6 is 11.6 Å². The van der Waals surface area contributed by atoms with Crippen LogP contribution in [0.25, 0.3) is 0 Å². The summed E-state index contributed by atoms with van der Waals surface area (Å²) in [6, 6.07) is 6.59. The number of rotatable bonds is 2. The van der Waals surface area contributed by atoms with Gasteiger partial charge in [-0.05, 0) is 36.8 Å². The number of hydrogen-bond acceptors (Lipinski definition) is 1. The fourth-order valence-corrected chi connectivity index (χ4v) is 2.23. The van der Waals surface area contributed by atoms with Crippen LogP contribution in [-0.4, -0.2) is 5.78 Å². The minimum absolute atomic E-state index is 0.0174. The Morgan fingerprint density at radius 2 is 1.76 bits per heavy atom. The Morgan fingerprint density at radius 3 is 2.38 bits per heavy atom. The molecular weight excluding hydrogens is 308 g/mol. The van der Waals surface area contributed by atoms with Crippen molar-refractivity contribution in [2.75, 3.05) is 0 Å². The van der Waals surface area contributed by atoms with Crippen molar-refractivity contribution in [1.82, 2.24) is 0 Å². The fourth-order valence-electron chi connectivity index (χ4n) is 1.91. The van der Waals surface area contributed by atoms with Crippen LogP contribution in [-0.2, 0) is 6.18 Å². The smallest absolute Gasteiger partial charge is 0.289 e. The summed E-state index contributed by atoms with van der Waals surface area (Å²) < 4.78 is 51.6. The van der Waals surface area contributed by atoms with E-state index in [0.29, 0.717) is 5.56 Å². The first-order chi connectivity index (χ1) is 9.71. The monoisotopic (exact) mass is 316 g/mol. The molecule has 0 fully saturated rings. The Bertz CT molecular complexity index is 707. The van der Waals surface area contributed by atoms with Gasteiger partial charge in [0.05, 0.1) is 10.6 Å². The zero-order chi connectivity index (χ0) is 15.8. The molecule has 0 saturated heterocycles. The van der Waals surface area contributed by atoms with E-state index in [2.05, 4.69) is 0 Å². The van der Waals surface area contributed by atoms with Gasteiger partial charge in [0.1, 0.15) is 5.82 Å². The van der Waals surface area contributed by atoms with E-state index in [0.717, 1.165) is 18.2 Å². The molecule has 110 valence electrons. The van der Waals surface area contributed by atoms with Crippen LogP contribution < -0.4 is 0 Å². The molecule has 0 aliphatic heterocycles. The molecular formula is C15H9ClF4O. The van der Waals surface area contributed by atoms with E-state index in [-0.39, 0.29) is 11.1 Å². The number of benzene rings is 2. The lowest BCUT2D eigenvalue weighted by molar-refractivity contribution is -0.137. The minimum Gasteiger partial charge on any atom is -0.289 e. The van der Waals surface area contributed by atoms with E-state index < -0.39 is 28.4 Å². The summed E-state index contributed by atoms with van der Waals surface area (Å²) in [7, 11) is 0. The predicted octanol–water partition coefficient (Wildman–Crippen LogP) is 5.04. The molecule has 2 aromatic carbocycles. The van der Waals surface area contributed by atoms with E-state index in [4.69, 9.17) is 11.6 Å². The van der Waals surface area contributed by atoms with Crippen molar-refractivity contribution in [3.8, 4) is 0 Å². The molecule has 6 heteroatoms. The first-order valence-electron chi connectivity index (χ1n) is 5.88. The molecule has 0 radical (unpaired) electrons. The second-order valence-corrected chi connectivity index (χ2v) is 4.83.